The molecule has 9 fully saturated rings. The third-order valence-electron chi connectivity index (χ3n) is 21.8. The Kier molecular flexibility index (Phi) is 40.2. The third-order valence-corrected chi connectivity index (χ3v) is 25.5. The van der Waals surface area contributed by atoms with Crippen molar-refractivity contribution in [1.82, 2.24) is 0 Å². The molecule has 750 valence electrons. The first kappa shape index (κ1) is 110. The minimum Gasteiger partial charge on any atom is -0.477 e. The summed E-state index contributed by atoms with van der Waals surface area (Å²) in [5.41, 5.74) is 10.8. The molecular formula is C63H113N2O60P3. The van der Waals surface area contributed by atoms with Gasteiger partial charge in [-0.2, -0.15) is 4.31 Å². The summed E-state index contributed by atoms with van der Waals surface area (Å²) in [6.45, 7) is -15.7. The van der Waals surface area contributed by atoms with Crippen LogP contribution in [0.5, 0.6) is 0 Å². The van der Waals surface area contributed by atoms with Gasteiger partial charge >= 0.3 is 29.4 Å². The number of aliphatic carboxylic acids is 1. The van der Waals surface area contributed by atoms with Gasteiger partial charge in [-0.05, 0) is 0 Å². The number of hydrogen-bond donors (Lipinski definition) is 36. The van der Waals surface area contributed by atoms with Crippen LogP contribution in [0.25, 0.3) is 0 Å². The highest BCUT2D eigenvalue weighted by molar-refractivity contribution is 7.61. The number of ether oxygens (including phenoxy) is 17. The average Bonchev–Trinajstić information content (AvgIpc) is 0.747. The van der Waals surface area contributed by atoms with E-state index in [2.05, 4.69) is 8.83 Å². The van der Waals surface area contributed by atoms with Gasteiger partial charge in [0.05, 0.1) is 72.7 Å². The topological polar surface area (TPSA) is 1010 Å². The van der Waals surface area contributed by atoms with E-state index in [0.29, 0.717) is 0 Å². The fraction of sp³-hybridized carbons (Fsp3) is 0.984. The van der Waals surface area contributed by atoms with Gasteiger partial charge in [0, 0.05) is 19.5 Å². The van der Waals surface area contributed by atoms with Gasteiger partial charge in [-0.3, -0.25) is 18.1 Å². The summed E-state index contributed by atoms with van der Waals surface area (Å²) >= 11 is 0. The molecule has 0 aliphatic carbocycles. The number of carboxylic acids is 1. The second-order valence-electron chi connectivity index (χ2n) is 30.5. The van der Waals surface area contributed by atoms with Crippen molar-refractivity contribution in [2.45, 2.75) is 301 Å². The zero-order chi connectivity index (χ0) is 95.2. The molecule has 0 radical (unpaired) electrons. The number of carbonyl (C=O) groups is 1. The maximum absolute atomic E-state index is 13.9. The summed E-state index contributed by atoms with van der Waals surface area (Å²) < 4.78 is 165. The van der Waals surface area contributed by atoms with Gasteiger partial charge in [-0.1, -0.05) is 0 Å². The Labute approximate surface area is 719 Å². The van der Waals surface area contributed by atoms with Crippen LogP contribution in [-0.4, -0.2) is 559 Å². The molecule has 0 aromatic heterocycles. The van der Waals surface area contributed by atoms with Crippen molar-refractivity contribution in [2.24, 2.45) is 11.5 Å². The molecule has 38 N–H and O–H groups in total. The first-order chi connectivity index (χ1) is 60.1. The van der Waals surface area contributed by atoms with Crippen LogP contribution >= 0.6 is 23.5 Å². The maximum Gasteiger partial charge on any atom is 0.481 e. The van der Waals surface area contributed by atoms with Gasteiger partial charge in [0.1, 0.15) is 238 Å². The molecule has 9 rings (SSSR count). The van der Waals surface area contributed by atoms with Crippen LogP contribution in [0.3, 0.4) is 0 Å². The van der Waals surface area contributed by atoms with E-state index in [0.717, 1.165) is 0 Å². The lowest BCUT2D eigenvalue weighted by atomic mass is 9.91. The van der Waals surface area contributed by atoms with Crippen LogP contribution < -0.4 is 11.5 Å². The summed E-state index contributed by atoms with van der Waals surface area (Å²) in [5.74, 6) is -6.28. The molecule has 9 heterocycles. The molecule has 0 aromatic rings. The molecule has 62 nitrogen and oxygen atoms in total. The molecule has 9 aliphatic rings. The SMILES string of the molecule is NCCOP(=O)(O)O[C@@H](CO)[C@H]1O[C@H](O[C@@H]2[C@H](O)[C@@H](O[C@H]3[C@@H]([C@H](O)CO)O[C@@](O)(C(=O)O)C[C@H]3OP(=O)(O)OP(=O)(O)OCCN)O[C@H]([C@@H](O)CO)[C@H]2O[C@@H]2O[C@H](CO)[C@@H](O)[C@H](O)[C@H]2O)[C@@H](O[C@H]2O[C@H]([C@@H](O)CO)[C@@H](O)[C@H](O)[C@@H]2O[C@@H]2O[C@H](CO)[C@H](O)[C@H](O)[C@H]2O)[C@@H](O[C@H]2O[C@H](CO)[C@@H](O[C@@H]3O[C@H](CO)[C@@H](O[C@@H]4O[C@H](CO)[C@H](O)[C@H](O)[C@H]4O)[C@H](O)[C@H]3O)[C@H](O)[C@H]2O)[C@@H]1O. The summed E-state index contributed by atoms with van der Waals surface area (Å²) in [6, 6.07) is 0. The Balaban J connectivity index is 1.23. The molecule has 9 saturated heterocycles. The first-order valence-corrected chi connectivity index (χ1v) is 43.6. The quantitative estimate of drug-likeness (QED) is 0.0252. The van der Waals surface area contributed by atoms with Crippen LogP contribution in [0.2, 0.25) is 0 Å². The fourth-order valence-electron chi connectivity index (χ4n) is 15.1. The summed E-state index contributed by atoms with van der Waals surface area (Å²) in [6.07, 6.45) is -123. The van der Waals surface area contributed by atoms with Crippen molar-refractivity contribution < 1.29 is 294 Å². The Morgan fingerprint density at radius 1 is 0.344 bits per heavy atom. The molecule has 0 bridgehead atoms. The standard InChI is InChI=1S/C63H113N2O60P3/c64-1-3-104-126(98,99)124-24(14-74)47-40(93)49(117-58-39(92)34(87)46(23(13-73)110-58)114-57-38(91)33(86)45(22(12-72)109-57)113-54-35(88)28(81)25(78)19(9-69)106-54)53(121-60-51(32(85)31(84)42(111-60)15(75)6-66)119-55-36(89)29(82)26(79)20(10-70)107-55)61(115-47)118-50-41(94)59(112-43(16(76)7-67)52(50)120-56-37(90)30(83)27(80)21(11-71)108-56)116-48-18(123-128(102,103)125-127(100,101)105-4-2-65)5-63(97,62(95)96)122-44(48)17(77)8-68/h15-61,66-94,97H,1-14,64-65H2,(H,95,96)(H,98,99)(H,100,101)(H,102,103)/t15-,16-,17+,18+,19+,20+,21+,22+,23+,24-,25-,26-,27+,28-,29-,30-,31-,32-,33+,34+,35+,36+,37+,38+,39+,40+,41-,42+,43+,44+,45+,46+,47+,48+,49-,50+,51-,52+,53-,54-,55-,56-,57-,58+,59+,60+,61+,63+/m0/s1. The van der Waals surface area contributed by atoms with Crippen LogP contribution in [0.4, 0.5) is 0 Å². The van der Waals surface area contributed by atoms with Gasteiger partial charge < -0.3 is 265 Å². The predicted octanol–water partition coefficient (Wildman–Crippen LogP) is -22.4. The normalized spacial score (nSPS) is 47.1. The zero-order valence-corrected chi connectivity index (χ0v) is 69.0. The predicted molar refractivity (Wildman–Crippen MR) is 385 cm³/mol. The number of aliphatic hydroxyl groups is 30. The van der Waals surface area contributed by atoms with E-state index in [-0.39, 0.29) is 0 Å². The minimum atomic E-state index is -6.43. The monoisotopic (exact) mass is 1950 g/mol. The first-order valence-electron chi connectivity index (χ1n) is 39.1. The lowest BCUT2D eigenvalue weighted by molar-refractivity contribution is -0.429. The average molecular weight is 1950 g/mol. The summed E-state index contributed by atoms with van der Waals surface area (Å²) in [5, 5.41) is 348. The smallest absolute Gasteiger partial charge is 0.477 e. The van der Waals surface area contributed by atoms with E-state index in [1.165, 1.54) is 0 Å². The minimum absolute atomic E-state index is 0.577. The Bertz CT molecular complexity index is 3530. The van der Waals surface area contributed by atoms with Crippen molar-refractivity contribution >= 4 is 29.4 Å². The summed E-state index contributed by atoms with van der Waals surface area (Å²) in [7, 11) is -18.1. The van der Waals surface area contributed by atoms with E-state index in [1.807, 2.05) is 0 Å². The van der Waals surface area contributed by atoms with Crippen LogP contribution in [-0.2, 0) is 121 Å². The largest absolute Gasteiger partial charge is 0.481 e. The van der Waals surface area contributed by atoms with Crippen molar-refractivity contribution in [3.05, 3.63) is 0 Å². The Morgan fingerprint density at radius 3 is 1.11 bits per heavy atom. The number of aliphatic hydroxyl groups excluding tert-OH is 29. The van der Waals surface area contributed by atoms with Crippen molar-refractivity contribution in [3.8, 4) is 0 Å². The molecule has 128 heavy (non-hydrogen) atoms. The van der Waals surface area contributed by atoms with Crippen molar-refractivity contribution in [1.29, 1.82) is 0 Å². The molecular weight excluding hydrogens is 1840 g/mol. The van der Waals surface area contributed by atoms with Crippen LogP contribution in [0, 0.1) is 0 Å². The number of phosphoric acid groups is 3. The Hall–Kier alpha value is -2.12. The molecule has 0 saturated carbocycles. The van der Waals surface area contributed by atoms with E-state index in [9.17, 15) is 191 Å². The number of phosphoric ester groups is 3. The molecule has 65 heteroatoms. The zero-order valence-electron chi connectivity index (χ0n) is 66.4. The van der Waals surface area contributed by atoms with Gasteiger partial charge in [0.2, 0.25) is 0 Å². The highest BCUT2D eigenvalue weighted by Crippen LogP contribution is 2.62. The van der Waals surface area contributed by atoms with Gasteiger partial charge in [-0.15, -0.1) is 0 Å². The number of rotatable bonds is 42. The second-order valence-corrected chi connectivity index (χ2v) is 34.9. The van der Waals surface area contributed by atoms with Crippen LogP contribution in [0.1, 0.15) is 6.42 Å². The lowest BCUT2D eigenvalue weighted by Gasteiger charge is -2.53. The highest BCUT2D eigenvalue weighted by atomic mass is 31.3. The molecule has 0 spiro atoms. The van der Waals surface area contributed by atoms with Crippen molar-refractivity contribution in [3.63, 3.8) is 0 Å². The molecule has 0 aromatic carbocycles. The van der Waals surface area contributed by atoms with Gasteiger partial charge in [0.25, 0.3) is 5.79 Å². The Morgan fingerprint density at radius 2 is 0.680 bits per heavy atom. The molecule has 9 aliphatic heterocycles. The van der Waals surface area contributed by atoms with Gasteiger partial charge in [0.15, 0.2) is 50.3 Å². The van der Waals surface area contributed by atoms with Crippen LogP contribution in [0.15, 0.2) is 0 Å². The maximum atomic E-state index is 13.9. The van der Waals surface area contributed by atoms with E-state index >= 15 is 0 Å². The molecule has 0 amide bonds. The summed E-state index contributed by atoms with van der Waals surface area (Å²) in [4.78, 5) is 45.4. The highest BCUT2D eigenvalue weighted by Gasteiger charge is 2.65. The fourth-order valence-corrected chi connectivity index (χ4v) is 18.2. The lowest BCUT2D eigenvalue weighted by Crippen LogP contribution is -2.72. The molecule has 51 atom stereocenters. The number of nitrogens with two attached hydrogens (primary N) is 2. The third kappa shape index (κ3) is 24.9. The van der Waals surface area contributed by atoms with E-state index in [1.54, 1.807) is 0 Å². The number of carboxylic acid groups (broad SMARTS) is 1. The van der Waals surface area contributed by atoms with E-state index in [4.69, 9.17) is 106 Å². The van der Waals surface area contributed by atoms with Gasteiger partial charge in [-0.25, -0.2) is 18.5 Å². The van der Waals surface area contributed by atoms with Crippen molar-refractivity contribution in [2.75, 3.05) is 85.8 Å². The van der Waals surface area contributed by atoms with E-state index < -0.39 is 416 Å². The molecule has 3 unspecified atom stereocenters. The number of hydrogen-bond acceptors (Lipinski definition) is 58. The second kappa shape index (κ2) is 47.0.